The highest BCUT2D eigenvalue weighted by molar-refractivity contribution is 6.31. The van der Waals surface area contributed by atoms with E-state index in [1.165, 1.54) is 0 Å². The Morgan fingerprint density at radius 3 is 2.70 bits per heavy atom. The molecule has 2 aromatic heterocycles. The fourth-order valence-corrected chi connectivity index (χ4v) is 3.27. The van der Waals surface area contributed by atoms with Crippen molar-refractivity contribution in [2.24, 2.45) is 11.5 Å². The van der Waals surface area contributed by atoms with E-state index >= 15 is 0 Å². The third kappa shape index (κ3) is 4.45. The van der Waals surface area contributed by atoms with Crippen molar-refractivity contribution in [3.05, 3.63) is 40.4 Å². The van der Waals surface area contributed by atoms with Gasteiger partial charge in [0, 0.05) is 12.1 Å². The molecule has 1 aliphatic carbocycles. The van der Waals surface area contributed by atoms with Gasteiger partial charge in [0.25, 0.3) is 5.91 Å². The van der Waals surface area contributed by atoms with Crippen molar-refractivity contribution in [3.63, 3.8) is 0 Å². The number of primary amides is 1. The van der Waals surface area contributed by atoms with Crippen molar-refractivity contribution in [3.8, 4) is 0 Å². The van der Waals surface area contributed by atoms with E-state index in [2.05, 4.69) is 20.6 Å². The van der Waals surface area contributed by atoms with E-state index in [0.717, 1.165) is 31.7 Å². The monoisotopic (exact) mass is 392 g/mol. The Morgan fingerprint density at radius 1 is 1.30 bits per heavy atom. The molecule has 7 nitrogen and oxygen atoms in total. The van der Waals surface area contributed by atoms with E-state index in [0.29, 0.717) is 16.4 Å². The lowest BCUT2D eigenvalue weighted by atomic mass is 9.91. The van der Waals surface area contributed by atoms with Crippen molar-refractivity contribution in [1.82, 2.24) is 9.97 Å². The molecule has 0 unspecified atom stereocenters. The molecule has 9 heteroatoms. The molecular formula is C18H22ClFN6O. The topological polar surface area (TPSA) is 119 Å². The van der Waals surface area contributed by atoms with E-state index in [1.807, 2.05) is 0 Å². The Hall–Kier alpha value is -2.45. The van der Waals surface area contributed by atoms with Gasteiger partial charge in [-0.1, -0.05) is 24.4 Å². The van der Waals surface area contributed by atoms with Crippen LogP contribution in [-0.2, 0) is 0 Å². The molecule has 2 aromatic rings. The maximum absolute atomic E-state index is 14.5. The predicted molar refractivity (Wildman–Crippen MR) is 104 cm³/mol. The molecule has 0 spiro atoms. The quantitative estimate of drug-likeness (QED) is 0.620. The number of nitrogens with two attached hydrogens (primary N) is 2. The van der Waals surface area contributed by atoms with Crippen molar-refractivity contribution >= 4 is 34.8 Å². The third-order valence-electron chi connectivity index (χ3n) is 4.67. The van der Waals surface area contributed by atoms with Crippen LogP contribution in [0, 0.1) is 12.7 Å². The van der Waals surface area contributed by atoms with Gasteiger partial charge in [-0.2, -0.15) is 0 Å². The van der Waals surface area contributed by atoms with Crippen LogP contribution in [0.25, 0.3) is 0 Å². The summed E-state index contributed by atoms with van der Waals surface area (Å²) < 4.78 is 14.5. The molecule has 0 saturated heterocycles. The average Bonchev–Trinajstić information content (AvgIpc) is 2.62. The first-order chi connectivity index (χ1) is 12.8. The molecule has 1 saturated carbocycles. The summed E-state index contributed by atoms with van der Waals surface area (Å²) in [5.41, 5.74) is 12.6. The van der Waals surface area contributed by atoms with Gasteiger partial charge in [-0.05, 0) is 31.9 Å². The molecule has 2 atom stereocenters. The molecule has 1 fully saturated rings. The standard InChI is InChI=1S/C18H22ClFN6O/c1-9-12(19)6-10(8-23-9)24-17-11(16(22)27)7-13(20)18(26-17)25-15-5-3-2-4-14(15)21/h6-8,14-15H,2-5,21H2,1H3,(H2,22,27)(H2,24,25,26)/t14-,15+/m0/s1. The predicted octanol–water partition coefficient (Wildman–Crippen LogP) is 3.10. The number of nitrogens with zero attached hydrogens (tertiary/aromatic N) is 2. The third-order valence-corrected chi connectivity index (χ3v) is 5.05. The average molecular weight is 393 g/mol. The van der Waals surface area contributed by atoms with Crippen LogP contribution in [0.3, 0.4) is 0 Å². The summed E-state index contributed by atoms with van der Waals surface area (Å²) in [6, 6.07) is 2.55. The zero-order chi connectivity index (χ0) is 19.6. The van der Waals surface area contributed by atoms with Gasteiger partial charge < -0.3 is 22.1 Å². The van der Waals surface area contributed by atoms with Crippen LogP contribution >= 0.6 is 11.6 Å². The molecule has 0 bridgehead atoms. The van der Waals surface area contributed by atoms with Crippen molar-refractivity contribution in [2.45, 2.75) is 44.7 Å². The van der Waals surface area contributed by atoms with Crippen LogP contribution in [-0.4, -0.2) is 28.0 Å². The molecule has 0 radical (unpaired) electrons. The van der Waals surface area contributed by atoms with Crippen LogP contribution in [0.5, 0.6) is 0 Å². The van der Waals surface area contributed by atoms with E-state index in [1.54, 1.807) is 19.2 Å². The molecule has 2 heterocycles. The molecular weight excluding hydrogens is 371 g/mol. The number of hydrogen-bond donors (Lipinski definition) is 4. The number of anilines is 3. The molecule has 0 aromatic carbocycles. The summed E-state index contributed by atoms with van der Waals surface area (Å²) in [4.78, 5) is 20.1. The second-order valence-electron chi connectivity index (χ2n) is 6.69. The van der Waals surface area contributed by atoms with Crippen molar-refractivity contribution in [1.29, 1.82) is 0 Å². The number of aryl methyl sites for hydroxylation is 1. The van der Waals surface area contributed by atoms with Gasteiger partial charge in [0.1, 0.15) is 5.82 Å². The summed E-state index contributed by atoms with van der Waals surface area (Å²) in [6.07, 6.45) is 5.33. The Labute approximate surface area is 161 Å². The second-order valence-corrected chi connectivity index (χ2v) is 7.10. The van der Waals surface area contributed by atoms with E-state index in [9.17, 15) is 9.18 Å². The Morgan fingerprint density at radius 2 is 2.04 bits per heavy atom. The lowest BCUT2D eigenvalue weighted by molar-refractivity contribution is 0.100. The Kier molecular flexibility index (Phi) is 5.76. The SMILES string of the molecule is Cc1ncc(Nc2nc(N[C@@H]3CCCC[C@@H]3N)c(F)cc2C(N)=O)cc1Cl. The first-order valence-corrected chi connectivity index (χ1v) is 9.14. The number of halogens is 2. The molecule has 6 N–H and O–H groups in total. The van der Waals surface area contributed by atoms with Crippen LogP contribution in [0.15, 0.2) is 18.3 Å². The van der Waals surface area contributed by atoms with Gasteiger partial charge in [0.15, 0.2) is 11.6 Å². The summed E-state index contributed by atoms with van der Waals surface area (Å²) >= 11 is 6.08. The highest BCUT2D eigenvalue weighted by Crippen LogP contribution is 2.27. The number of hydrogen-bond acceptors (Lipinski definition) is 6. The fourth-order valence-electron chi connectivity index (χ4n) is 3.10. The number of pyridine rings is 2. The van der Waals surface area contributed by atoms with E-state index < -0.39 is 11.7 Å². The zero-order valence-corrected chi connectivity index (χ0v) is 15.7. The first kappa shape index (κ1) is 19.3. The van der Waals surface area contributed by atoms with Gasteiger partial charge >= 0.3 is 0 Å². The minimum Gasteiger partial charge on any atom is -0.365 e. The summed E-state index contributed by atoms with van der Waals surface area (Å²) in [5, 5.41) is 6.46. The number of carbonyl (C=O) groups is 1. The molecule has 1 aliphatic rings. The highest BCUT2D eigenvalue weighted by atomic mass is 35.5. The Balaban J connectivity index is 1.92. The van der Waals surface area contributed by atoms with Gasteiger partial charge in [-0.15, -0.1) is 0 Å². The van der Waals surface area contributed by atoms with Crippen molar-refractivity contribution < 1.29 is 9.18 Å². The molecule has 0 aliphatic heterocycles. The largest absolute Gasteiger partial charge is 0.365 e. The number of nitrogens with one attached hydrogen (secondary N) is 2. The highest BCUT2D eigenvalue weighted by Gasteiger charge is 2.24. The minimum absolute atomic E-state index is 0.0241. The zero-order valence-electron chi connectivity index (χ0n) is 14.9. The second kappa shape index (κ2) is 8.06. The van der Waals surface area contributed by atoms with Crippen LogP contribution in [0.1, 0.15) is 41.7 Å². The maximum Gasteiger partial charge on any atom is 0.252 e. The van der Waals surface area contributed by atoms with Crippen LogP contribution < -0.4 is 22.1 Å². The number of carbonyl (C=O) groups excluding carboxylic acids is 1. The van der Waals surface area contributed by atoms with Gasteiger partial charge in [0.2, 0.25) is 0 Å². The molecule has 1 amide bonds. The van der Waals surface area contributed by atoms with Gasteiger partial charge in [0.05, 0.1) is 28.2 Å². The van der Waals surface area contributed by atoms with Gasteiger partial charge in [-0.25, -0.2) is 9.37 Å². The normalized spacial score (nSPS) is 19.6. The smallest absolute Gasteiger partial charge is 0.252 e. The first-order valence-electron chi connectivity index (χ1n) is 8.76. The number of rotatable bonds is 5. The van der Waals surface area contributed by atoms with Crippen molar-refractivity contribution in [2.75, 3.05) is 10.6 Å². The van der Waals surface area contributed by atoms with Crippen LogP contribution in [0.4, 0.5) is 21.7 Å². The van der Waals surface area contributed by atoms with Gasteiger partial charge in [-0.3, -0.25) is 9.78 Å². The summed E-state index contributed by atoms with van der Waals surface area (Å²) in [7, 11) is 0. The number of aromatic nitrogens is 2. The molecule has 3 rings (SSSR count). The molecule has 27 heavy (non-hydrogen) atoms. The van der Waals surface area contributed by atoms with Crippen LogP contribution in [0.2, 0.25) is 5.02 Å². The van der Waals surface area contributed by atoms with E-state index in [-0.39, 0.29) is 29.3 Å². The van der Waals surface area contributed by atoms with E-state index in [4.69, 9.17) is 23.1 Å². The minimum atomic E-state index is -0.795. The molecule has 144 valence electrons. The summed E-state index contributed by atoms with van der Waals surface area (Å²) in [5.74, 6) is -1.31. The maximum atomic E-state index is 14.5. The Bertz CT molecular complexity index is 862. The lowest BCUT2D eigenvalue weighted by Crippen LogP contribution is -2.43. The summed E-state index contributed by atoms with van der Waals surface area (Å²) in [6.45, 7) is 1.77. The fraction of sp³-hybridized carbons (Fsp3) is 0.389. The lowest BCUT2D eigenvalue weighted by Gasteiger charge is -2.30. The number of amides is 1.